The zero-order valence-electron chi connectivity index (χ0n) is 11.2. The normalized spacial score (nSPS) is 10.3. The van der Waals surface area contributed by atoms with Crippen molar-refractivity contribution in [1.82, 2.24) is 9.97 Å². The highest BCUT2D eigenvalue weighted by molar-refractivity contribution is 9.10. The molecule has 0 saturated carbocycles. The Labute approximate surface area is 121 Å². The first-order chi connectivity index (χ1) is 9.15. The highest BCUT2D eigenvalue weighted by Gasteiger charge is 2.10. The Balaban J connectivity index is 2.29. The second-order valence-electron chi connectivity index (χ2n) is 4.11. The van der Waals surface area contributed by atoms with Crippen molar-refractivity contribution in [2.75, 3.05) is 19.1 Å². The molecule has 0 atom stereocenters. The van der Waals surface area contributed by atoms with Gasteiger partial charge in [-0.1, -0.05) is 19.1 Å². The second-order valence-corrected chi connectivity index (χ2v) is 4.96. The Kier molecular flexibility index (Phi) is 4.37. The number of hydrogen-bond acceptors (Lipinski definition) is 4. The smallest absolute Gasteiger partial charge is 0.232 e. The van der Waals surface area contributed by atoms with Gasteiger partial charge in [0, 0.05) is 12.7 Å². The van der Waals surface area contributed by atoms with Crippen LogP contribution in [0.15, 0.2) is 34.9 Å². The Morgan fingerprint density at radius 1 is 1.26 bits per heavy atom. The summed E-state index contributed by atoms with van der Waals surface area (Å²) in [5, 5.41) is 0. The van der Waals surface area contributed by atoms with Crippen molar-refractivity contribution in [3.05, 3.63) is 40.5 Å². The molecule has 1 heterocycles. The fraction of sp³-hybridized carbons (Fsp3) is 0.286. The summed E-state index contributed by atoms with van der Waals surface area (Å²) in [7, 11) is 3.52. The van der Waals surface area contributed by atoms with Gasteiger partial charge in [0.05, 0.1) is 17.8 Å². The van der Waals surface area contributed by atoms with Crippen LogP contribution in [0, 0.1) is 0 Å². The lowest BCUT2D eigenvalue weighted by atomic mass is 10.1. The molecule has 1 aromatic heterocycles. The van der Waals surface area contributed by atoms with E-state index in [2.05, 4.69) is 57.1 Å². The second kappa shape index (κ2) is 6.02. The molecular formula is C14H16BrN3O. The quantitative estimate of drug-likeness (QED) is 0.862. The molecule has 0 aliphatic carbocycles. The standard InChI is InChI=1S/C14H16BrN3O/c1-4-10-5-7-11(8-6-10)18(2)14-16-9-12(15)13(17-14)19-3/h5-9H,4H2,1-3H3. The molecular weight excluding hydrogens is 306 g/mol. The summed E-state index contributed by atoms with van der Waals surface area (Å²) >= 11 is 3.35. The van der Waals surface area contributed by atoms with Gasteiger partial charge in [-0.2, -0.15) is 4.98 Å². The Morgan fingerprint density at radius 3 is 2.53 bits per heavy atom. The first kappa shape index (κ1) is 13.8. The molecule has 4 nitrogen and oxygen atoms in total. The average molecular weight is 322 g/mol. The molecule has 5 heteroatoms. The number of ether oxygens (including phenoxy) is 1. The van der Waals surface area contributed by atoms with Gasteiger partial charge in [-0.3, -0.25) is 0 Å². The van der Waals surface area contributed by atoms with E-state index in [9.17, 15) is 0 Å². The lowest BCUT2D eigenvalue weighted by Gasteiger charge is -2.18. The maximum Gasteiger partial charge on any atom is 0.232 e. The zero-order chi connectivity index (χ0) is 13.8. The predicted molar refractivity (Wildman–Crippen MR) is 80.2 cm³/mol. The van der Waals surface area contributed by atoms with Gasteiger partial charge in [-0.25, -0.2) is 4.98 Å². The maximum absolute atomic E-state index is 5.18. The van der Waals surface area contributed by atoms with E-state index in [1.807, 2.05) is 11.9 Å². The largest absolute Gasteiger partial charge is 0.480 e. The van der Waals surface area contributed by atoms with E-state index in [4.69, 9.17) is 4.74 Å². The van der Waals surface area contributed by atoms with Crippen LogP contribution in [0.2, 0.25) is 0 Å². The van der Waals surface area contributed by atoms with E-state index in [1.165, 1.54) is 5.56 Å². The van der Waals surface area contributed by atoms with E-state index in [0.717, 1.165) is 16.6 Å². The van der Waals surface area contributed by atoms with Crippen LogP contribution < -0.4 is 9.64 Å². The molecule has 19 heavy (non-hydrogen) atoms. The molecule has 1 aromatic carbocycles. The van der Waals surface area contributed by atoms with Gasteiger partial charge in [0.15, 0.2) is 0 Å². The Hall–Kier alpha value is -1.62. The summed E-state index contributed by atoms with van der Waals surface area (Å²) in [4.78, 5) is 10.6. The number of methoxy groups -OCH3 is 1. The first-order valence-electron chi connectivity index (χ1n) is 6.05. The van der Waals surface area contributed by atoms with E-state index in [-0.39, 0.29) is 0 Å². The molecule has 2 rings (SSSR count). The molecule has 0 unspecified atom stereocenters. The Bertz CT molecular complexity index is 557. The number of rotatable bonds is 4. The molecule has 0 spiro atoms. The summed E-state index contributed by atoms with van der Waals surface area (Å²) in [6, 6.07) is 8.36. The lowest BCUT2D eigenvalue weighted by molar-refractivity contribution is 0.394. The monoisotopic (exact) mass is 321 g/mol. The number of anilines is 2. The van der Waals surface area contributed by atoms with Crippen LogP contribution in [0.25, 0.3) is 0 Å². The highest BCUT2D eigenvalue weighted by atomic mass is 79.9. The minimum Gasteiger partial charge on any atom is -0.480 e. The third-order valence-corrected chi connectivity index (χ3v) is 3.47. The van der Waals surface area contributed by atoms with Crippen LogP contribution in [0.5, 0.6) is 5.88 Å². The summed E-state index contributed by atoms with van der Waals surface area (Å²) in [6.45, 7) is 2.14. The summed E-state index contributed by atoms with van der Waals surface area (Å²) in [5.74, 6) is 1.13. The average Bonchev–Trinajstić information content (AvgIpc) is 2.47. The van der Waals surface area contributed by atoms with Crippen molar-refractivity contribution in [2.24, 2.45) is 0 Å². The van der Waals surface area contributed by atoms with Crippen molar-refractivity contribution < 1.29 is 4.74 Å². The number of benzene rings is 1. The van der Waals surface area contributed by atoms with Crippen molar-refractivity contribution in [3.8, 4) is 5.88 Å². The van der Waals surface area contributed by atoms with Gasteiger partial charge in [0.25, 0.3) is 0 Å². The molecule has 0 aliphatic rings. The molecule has 100 valence electrons. The van der Waals surface area contributed by atoms with Crippen molar-refractivity contribution >= 4 is 27.6 Å². The molecule has 0 bridgehead atoms. The third kappa shape index (κ3) is 3.04. The van der Waals surface area contributed by atoms with E-state index in [1.54, 1.807) is 13.3 Å². The number of hydrogen-bond donors (Lipinski definition) is 0. The van der Waals surface area contributed by atoms with Gasteiger partial charge < -0.3 is 9.64 Å². The maximum atomic E-state index is 5.18. The zero-order valence-corrected chi connectivity index (χ0v) is 12.8. The lowest BCUT2D eigenvalue weighted by Crippen LogP contribution is -2.13. The summed E-state index contributed by atoms with van der Waals surface area (Å²) < 4.78 is 5.93. The van der Waals surface area contributed by atoms with Gasteiger partial charge in [-0.05, 0) is 40.0 Å². The van der Waals surface area contributed by atoms with Crippen LogP contribution in [-0.2, 0) is 6.42 Å². The Morgan fingerprint density at radius 2 is 1.95 bits per heavy atom. The van der Waals surface area contributed by atoms with Gasteiger partial charge in [0.1, 0.15) is 0 Å². The van der Waals surface area contributed by atoms with Crippen LogP contribution in [-0.4, -0.2) is 24.1 Å². The van der Waals surface area contributed by atoms with Gasteiger partial charge >= 0.3 is 0 Å². The topological polar surface area (TPSA) is 38.2 Å². The molecule has 0 N–H and O–H groups in total. The fourth-order valence-electron chi connectivity index (χ4n) is 1.72. The molecule has 2 aromatic rings. The molecule has 0 fully saturated rings. The van der Waals surface area contributed by atoms with Crippen LogP contribution >= 0.6 is 15.9 Å². The molecule has 0 saturated heterocycles. The van der Waals surface area contributed by atoms with Crippen LogP contribution in [0.4, 0.5) is 11.6 Å². The van der Waals surface area contributed by atoms with Crippen LogP contribution in [0.3, 0.4) is 0 Å². The summed E-state index contributed by atoms with van der Waals surface area (Å²) in [5.41, 5.74) is 2.35. The third-order valence-electron chi connectivity index (χ3n) is 2.92. The van der Waals surface area contributed by atoms with Crippen LogP contribution in [0.1, 0.15) is 12.5 Å². The number of aryl methyl sites for hydroxylation is 1. The highest BCUT2D eigenvalue weighted by Crippen LogP contribution is 2.26. The minimum absolute atomic E-state index is 0.530. The van der Waals surface area contributed by atoms with Crippen molar-refractivity contribution in [3.63, 3.8) is 0 Å². The SMILES string of the molecule is CCc1ccc(N(C)c2ncc(Br)c(OC)n2)cc1. The van der Waals surface area contributed by atoms with Gasteiger partial charge in [0.2, 0.25) is 11.8 Å². The van der Waals surface area contributed by atoms with E-state index >= 15 is 0 Å². The van der Waals surface area contributed by atoms with E-state index in [0.29, 0.717) is 11.8 Å². The minimum atomic E-state index is 0.530. The first-order valence-corrected chi connectivity index (χ1v) is 6.84. The fourth-order valence-corrected chi connectivity index (χ4v) is 2.07. The van der Waals surface area contributed by atoms with Crippen molar-refractivity contribution in [2.45, 2.75) is 13.3 Å². The van der Waals surface area contributed by atoms with Crippen molar-refractivity contribution in [1.29, 1.82) is 0 Å². The number of aromatic nitrogens is 2. The molecule has 0 aliphatic heterocycles. The predicted octanol–water partition coefficient (Wildman–Crippen LogP) is 3.58. The number of halogens is 1. The molecule has 0 amide bonds. The van der Waals surface area contributed by atoms with Gasteiger partial charge in [-0.15, -0.1) is 0 Å². The summed E-state index contributed by atoms with van der Waals surface area (Å²) in [6.07, 6.45) is 2.73. The number of nitrogens with zero attached hydrogens (tertiary/aromatic N) is 3. The molecule has 0 radical (unpaired) electrons. The van der Waals surface area contributed by atoms with E-state index < -0.39 is 0 Å².